The number of carbonyl (C=O) groups excluding carboxylic acids is 1. The Hall–Kier alpha value is -2.69. The number of hydrogen-bond donors (Lipinski definition) is 1. The van der Waals surface area contributed by atoms with Gasteiger partial charge in [-0.05, 0) is 30.0 Å². The Morgan fingerprint density at radius 3 is 2.07 bits per heavy atom. The third-order valence-electron chi connectivity index (χ3n) is 6.45. The molecule has 0 unspecified atom stereocenters. The van der Waals surface area contributed by atoms with Crippen LogP contribution in [0.2, 0.25) is 0 Å². The lowest BCUT2D eigenvalue weighted by Gasteiger charge is -2.43. The first-order chi connectivity index (χ1) is 14.3. The van der Waals surface area contributed by atoms with Crippen molar-refractivity contribution in [1.82, 2.24) is 14.8 Å². The van der Waals surface area contributed by atoms with Crippen LogP contribution in [0.5, 0.6) is 0 Å². The van der Waals surface area contributed by atoms with Crippen molar-refractivity contribution in [2.75, 3.05) is 26.2 Å². The van der Waals surface area contributed by atoms with E-state index in [1.54, 1.807) is 0 Å². The zero-order chi connectivity index (χ0) is 19.6. The Morgan fingerprint density at radius 2 is 1.45 bits per heavy atom. The van der Waals surface area contributed by atoms with Crippen LogP contribution in [0.25, 0.3) is 0 Å². The van der Waals surface area contributed by atoms with Gasteiger partial charge in [0, 0.05) is 43.6 Å². The minimum absolute atomic E-state index is 0.0346. The Morgan fingerprint density at radius 1 is 0.828 bits per heavy atom. The molecule has 1 aliphatic heterocycles. The third-order valence-corrected chi connectivity index (χ3v) is 6.45. The van der Waals surface area contributed by atoms with E-state index in [1.165, 1.54) is 11.1 Å². The molecule has 0 amide bonds. The van der Waals surface area contributed by atoms with E-state index >= 15 is 0 Å². The summed E-state index contributed by atoms with van der Waals surface area (Å²) in [5.74, 6) is 0.295. The van der Waals surface area contributed by atoms with Crippen LogP contribution < -0.4 is 0 Å². The molecule has 1 saturated heterocycles. The van der Waals surface area contributed by atoms with Crippen LogP contribution in [0.4, 0.5) is 0 Å². The van der Waals surface area contributed by atoms with Gasteiger partial charge in [0.15, 0.2) is 5.78 Å². The van der Waals surface area contributed by atoms with E-state index in [0.29, 0.717) is 5.78 Å². The summed E-state index contributed by atoms with van der Waals surface area (Å²) in [5.41, 5.74) is 4.67. The van der Waals surface area contributed by atoms with Gasteiger partial charge in [-0.15, -0.1) is 0 Å². The normalized spacial score (nSPS) is 20.7. The number of piperazine rings is 1. The predicted octanol–water partition coefficient (Wildman–Crippen LogP) is 3.92. The lowest BCUT2D eigenvalue weighted by Crippen LogP contribution is -2.54. The molecule has 4 nitrogen and oxygen atoms in total. The number of H-pyrrole nitrogens is 1. The standard InChI is InChI=1S/C25H27N3O/c29-25-21-13-14-26-22(21)11-12-23(25)27-15-17-28(18-16-27)24(19-7-3-1-4-8-19)20-9-5-2-6-10-20/h1-10,13-14,23-24,26H,11-12,15-18H2/t23-/m1/s1. The minimum Gasteiger partial charge on any atom is -0.364 e. The number of benzene rings is 2. The van der Waals surface area contributed by atoms with Crippen LogP contribution in [0.15, 0.2) is 72.9 Å². The van der Waals surface area contributed by atoms with Crippen molar-refractivity contribution in [3.63, 3.8) is 0 Å². The maximum atomic E-state index is 13.0. The summed E-state index contributed by atoms with van der Waals surface area (Å²) in [6, 6.07) is 23.8. The molecule has 2 heterocycles. The Kier molecular flexibility index (Phi) is 5.04. The van der Waals surface area contributed by atoms with E-state index in [4.69, 9.17) is 0 Å². The Labute approximate surface area is 172 Å². The van der Waals surface area contributed by atoms with Crippen LogP contribution in [0.1, 0.15) is 39.6 Å². The van der Waals surface area contributed by atoms with Gasteiger partial charge in [-0.3, -0.25) is 14.6 Å². The predicted molar refractivity (Wildman–Crippen MR) is 115 cm³/mol. The van der Waals surface area contributed by atoms with Gasteiger partial charge in [0.25, 0.3) is 0 Å². The Balaban J connectivity index is 1.33. The zero-order valence-corrected chi connectivity index (χ0v) is 16.6. The number of aryl methyl sites for hydroxylation is 1. The van der Waals surface area contributed by atoms with Crippen molar-refractivity contribution >= 4 is 5.78 Å². The number of aromatic amines is 1. The molecule has 1 aliphatic carbocycles. The number of carbonyl (C=O) groups is 1. The number of rotatable bonds is 4. The van der Waals surface area contributed by atoms with Gasteiger partial charge < -0.3 is 4.98 Å². The molecule has 0 bridgehead atoms. The van der Waals surface area contributed by atoms with E-state index < -0.39 is 0 Å². The van der Waals surface area contributed by atoms with Crippen LogP contribution in [0, 0.1) is 0 Å². The molecule has 2 aromatic carbocycles. The molecule has 1 fully saturated rings. The molecule has 148 valence electrons. The first kappa shape index (κ1) is 18.3. The quantitative estimate of drug-likeness (QED) is 0.740. The number of Topliss-reactive ketones (excluding diaryl/α,β-unsaturated/α-hetero) is 1. The van der Waals surface area contributed by atoms with Crippen molar-refractivity contribution < 1.29 is 4.79 Å². The van der Waals surface area contributed by atoms with Gasteiger partial charge in [-0.2, -0.15) is 0 Å². The number of fused-ring (bicyclic) bond motifs is 1. The molecule has 4 heteroatoms. The van der Waals surface area contributed by atoms with Crippen LogP contribution in [-0.2, 0) is 6.42 Å². The zero-order valence-electron chi connectivity index (χ0n) is 16.6. The fraction of sp³-hybridized carbons (Fsp3) is 0.320. The summed E-state index contributed by atoms with van der Waals surface area (Å²) >= 11 is 0. The highest BCUT2D eigenvalue weighted by Gasteiger charge is 2.35. The van der Waals surface area contributed by atoms with Crippen molar-refractivity contribution in [3.05, 3.63) is 95.3 Å². The first-order valence-corrected chi connectivity index (χ1v) is 10.6. The summed E-state index contributed by atoms with van der Waals surface area (Å²) in [7, 11) is 0. The van der Waals surface area contributed by atoms with Gasteiger partial charge in [0.05, 0.1) is 12.1 Å². The lowest BCUT2D eigenvalue weighted by molar-refractivity contribution is 0.0568. The second-order valence-corrected chi connectivity index (χ2v) is 8.08. The molecule has 0 spiro atoms. The molecule has 1 atom stereocenters. The van der Waals surface area contributed by atoms with Crippen molar-refractivity contribution in [2.24, 2.45) is 0 Å². The van der Waals surface area contributed by atoms with E-state index in [9.17, 15) is 4.79 Å². The second kappa shape index (κ2) is 7.97. The third kappa shape index (κ3) is 3.54. The summed E-state index contributed by atoms with van der Waals surface area (Å²) in [4.78, 5) is 21.2. The molecule has 0 saturated carbocycles. The van der Waals surface area contributed by atoms with Gasteiger partial charge in [0.2, 0.25) is 0 Å². The van der Waals surface area contributed by atoms with Gasteiger partial charge in [-0.25, -0.2) is 0 Å². The monoisotopic (exact) mass is 385 g/mol. The van der Waals surface area contributed by atoms with Gasteiger partial charge in [-0.1, -0.05) is 60.7 Å². The topological polar surface area (TPSA) is 39.3 Å². The molecular formula is C25H27N3O. The minimum atomic E-state index is 0.0346. The maximum absolute atomic E-state index is 13.0. The molecule has 5 rings (SSSR count). The molecule has 1 aromatic heterocycles. The number of nitrogens with zero attached hydrogens (tertiary/aromatic N) is 2. The molecule has 0 radical (unpaired) electrons. The molecule has 29 heavy (non-hydrogen) atoms. The van der Waals surface area contributed by atoms with Crippen LogP contribution in [0.3, 0.4) is 0 Å². The molecule has 3 aromatic rings. The molecule has 2 aliphatic rings. The summed E-state index contributed by atoms with van der Waals surface area (Å²) in [6.45, 7) is 3.81. The van der Waals surface area contributed by atoms with Crippen LogP contribution >= 0.6 is 0 Å². The number of ketones is 1. The SMILES string of the molecule is O=C1c2cc[nH]c2CC[C@H]1N1CCN(C(c2ccccc2)c2ccccc2)CC1. The van der Waals surface area contributed by atoms with E-state index in [2.05, 4.69) is 75.4 Å². The lowest BCUT2D eigenvalue weighted by atomic mass is 9.90. The van der Waals surface area contributed by atoms with E-state index in [-0.39, 0.29) is 12.1 Å². The second-order valence-electron chi connectivity index (χ2n) is 8.08. The number of aromatic nitrogens is 1. The van der Waals surface area contributed by atoms with Crippen molar-refractivity contribution in [2.45, 2.75) is 24.9 Å². The van der Waals surface area contributed by atoms with Crippen molar-refractivity contribution in [3.8, 4) is 0 Å². The Bertz CT molecular complexity index is 919. The highest BCUT2D eigenvalue weighted by molar-refractivity contribution is 6.02. The first-order valence-electron chi connectivity index (χ1n) is 10.6. The number of nitrogens with one attached hydrogen (secondary N) is 1. The van der Waals surface area contributed by atoms with E-state index in [0.717, 1.165) is 50.3 Å². The average Bonchev–Trinajstić information content (AvgIpc) is 3.26. The fourth-order valence-electron chi connectivity index (χ4n) is 4.97. The summed E-state index contributed by atoms with van der Waals surface area (Å²) in [6.07, 6.45) is 3.79. The van der Waals surface area contributed by atoms with Gasteiger partial charge >= 0.3 is 0 Å². The largest absolute Gasteiger partial charge is 0.364 e. The summed E-state index contributed by atoms with van der Waals surface area (Å²) in [5, 5.41) is 0. The highest BCUT2D eigenvalue weighted by Crippen LogP contribution is 2.31. The summed E-state index contributed by atoms with van der Waals surface area (Å²) < 4.78 is 0. The smallest absolute Gasteiger partial charge is 0.181 e. The van der Waals surface area contributed by atoms with Crippen molar-refractivity contribution in [1.29, 1.82) is 0 Å². The molecule has 1 N–H and O–H groups in total. The van der Waals surface area contributed by atoms with E-state index in [1.807, 2.05) is 12.3 Å². The van der Waals surface area contributed by atoms with Crippen LogP contribution in [-0.4, -0.2) is 52.8 Å². The average molecular weight is 386 g/mol. The maximum Gasteiger partial charge on any atom is 0.181 e. The highest BCUT2D eigenvalue weighted by atomic mass is 16.1. The fourth-order valence-corrected chi connectivity index (χ4v) is 4.97. The molecular weight excluding hydrogens is 358 g/mol. The van der Waals surface area contributed by atoms with Gasteiger partial charge in [0.1, 0.15) is 0 Å². The number of hydrogen-bond acceptors (Lipinski definition) is 3.